The van der Waals surface area contributed by atoms with Gasteiger partial charge in [0.25, 0.3) is 17.4 Å². The topological polar surface area (TPSA) is 214 Å². The number of ether oxygens (including phenoxy) is 6. The Bertz CT molecular complexity index is 2370. The van der Waals surface area contributed by atoms with Gasteiger partial charge in [0, 0.05) is 69.8 Å². The third-order valence-electron chi connectivity index (χ3n) is 11.1. The third kappa shape index (κ3) is 11.8. The SMILES string of the molecule is CNC(=O)COc1cc2cc(Nc3nc(N4CCC(OCCOCCOCCOCCCOc5ccc6c(c5)CN(C5CCC(=O)NC5=O)C6=O)CC4)ncc3Cl)ccc2n(C)c1=O. The number of aromatic nitrogens is 3. The van der Waals surface area contributed by atoms with E-state index in [4.69, 9.17) is 45.0 Å². The molecule has 0 bridgehead atoms. The lowest BCUT2D eigenvalue weighted by Crippen LogP contribution is -2.52. The summed E-state index contributed by atoms with van der Waals surface area (Å²) in [6, 6.07) is 11.8. The number of imide groups is 1. The summed E-state index contributed by atoms with van der Waals surface area (Å²) >= 11 is 6.50. The van der Waals surface area contributed by atoms with Crippen LogP contribution in [0.1, 0.15) is 48.0 Å². The molecule has 0 spiro atoms. The number of carbonyl (C=O) groups excluding carboxylic acids is 4. The molecule has 1 unspecified atom stereocenters. The van der Waals surface area contributed by atoms with Gasteiger partial charge in [0.05, 0.1) is 64.1 Å². The second kappa shape index (κ2) is 22.2. The van der Waals surface area contributed by atoms with Crippen LogP contribution < -0.4 is 35.9 Å². The van der Waals surface area contributed by atoms with Crippen molar-refractivity contribution >= 4 is 63.6 Å². The van der Waals surface area contributed by atoms with Crippen molar-refractivity contribution in [2.45, 2.75) is 50.8 Å². The summed E-state index contributed by atoms with van der Waals surface area (Å²) in [5.41, 5.74) is 2.39. The molecule has 2 aromatic heterocycles. The van der Waals surface area contributed by atoms with Crippen LogP contribution in [0.2, 0.25) is 5.02 Å². The van der Waals surface area contributed by atoms with Crippen molar-refractivity contribution in [3.63, 3.8) is 0 Å². The number of nitrogens with one attached hydrogen (secondary N) is 3. The van der Waals surface area contributed by atoms with Gasteiger partial charge in [-0.25, -0.2) is 4.98 Å². The standard InChI is InChI=1S/C44H53ClN8O11/c1-46-39(55)27-64-37-24-28-22-30(4-7-35(28)51(2)43(37)58)48-40-34(45)25-47-44(50-40)52-12-10-31(11-13-52)63-21-20-61-19-18-60-17-16-59-14-3-15-62-32-5-6-33-29(23-32)26-53(42(33)57)36-8-9-38(54)49-41(36)56/h4-7,22-25,31,36H,3,8-21,26-27H2,1-2H3,(H,46,55)(H,47,48,50)(H,49,54,56). The van der Waals surface area contributed by atoms with Gasteiger partial charge in [-0.05, 0) is 67.3 Å². The van der Waals surface area contributed by atoms with Crippen LogP contribution in [-0.4, -0.2) is 135 Å². The second-order valence-corrected chi connectivity index (χ2v) is 15.8. The molecule has 0 aliphatic carbocycles. The molecular weight excluding hydrogens is 852 g/mol. The molecular formula is C44H53ClN8O11. The Balaban J connectivity index is 0.718. The van der Waals surface area contributed by atoms with Crippen LogP contribution in [0.25, 0.3) is 10.9 Å². The first-order chi connectivity index (χ1) is 31.1. The molecule has 3 aliphatic heterocycles. The maximum Gasteiger partial charge on any atom is 0.293 e. The van der Waals surface area contributed by atoms with Crippen LogP contribution in [0.15, 0.2) is 53.5 Å². The average Bonchev–Trinajstić information content (AvgIpc) is 3.62. The Labute approximate surface area is 374 Å². The molecule has 19 nitrogen and oxygen atoms in total. The van der Waals surface area contributed by atoms with Crippen molar-refractivity contribution in [2.75, 3.05) is 89.8 Å². The maximum absolute atomic E-state index is 12.9. The van der Waals surface area contributed by atoms with Crippen molar-refractivity contribution in [2.24, 2.45) is 7.05 Å². The van der Waals surface area contributed by atoms with Gasteiger partial charge in [0.15, 0.2) is 18.2 Å². The lowest BCUT2D eigenvalue weighted by molar-refractivity contribution is -0.137. The molecule has 2 aromatic carbocycles. The van der Waals surface area contributed by atoms with Crippen molar-refractivity contribution in [3.05, 3.63) is 75.2 Å². The van der Waals surface area contributed by atoms with Gasteiger partial charge in [0.1, 0.15) is 16.8 Å². The monoisotopic (exact) mass is 904 g/mol. The van der Waals surface area contributed by atoms with Gasteiger partial charge in [-0.3, -0.25) is 29.3 Å². The zero-order valence-corrected chi connectivity index (χ0v) is 36.7. The highest BCUT2D eigenvalue weighted by Crippen LogP contribution is 2.31. The van der Waals surface area contributed by atoms with Crippen molar-refractivity contribution in [3.8, 4) is 11.5 Å². The number of fused-ring (bicyclic) bond motifs is 2. The van der Waals surface area contributed by atoms with Crippen LogP contribution in [-0.2, 0) is 46.9 Å². The number of hydrogen-bond acceptors (Lipinski definition) is 15. The number of piperidine rings is 2. The Morgan fingerprint density at radius 2 is 1.64 bits per heavy atom. The molecule has 3 N–H and O–H groups in total. The van der Waals surface area contributed by atoms with E-state index in [0.717, 1.165) is 23.8 Å². The number of carbonyl (C=O) groups is 4. The van der Waals surface area contributed by atoms with E-state index in [-0.39, 0.29) is 48.2 Å². The van der Waals surface area contributed by atoms with E-state index >= 15 is 0 Å². The first-order valence-electron chi connectivity index (χ1n) is 21.3. The van der Waals surface area contributed by atoms with Crippen LogP contribution >= 0.6 is 11.6 Å². The fraction of sp³-hybridized carbons (Fsp3) is 0.477. The van der Waals surface area contributed by atoms with Gasteiger partial charge in [-0.2, -0.15) is 4.98 Å². The van der Waals surface area contributed by atoms with E-state index in [1.807, 2.05) is 24.3 Å². The lowest BCUT2D eigenvalue weighted by Gasteiger charge is -2.32. The maximum atomic E-state index is 12.9. The van der Waals surface area contributed by atoms with Gasteiger partial charge in [-0.15, -0.1) is 0 Å². The molecule has 4 aromatic rings. The summed E-state index contributed by atoms with van der Waals surface area (Å²) in [5.74, 6) is 0.414. The number of benzene rings is 2. The summed E-state index contributed by atoms with van der Waals surface area (Å²) in [7, 11) is 3.15. The number of pyridine rings is 1. The predicted molar refractivity (Wildman–Crippen MR) is 235 cm³/mol. The van der Waals surface area contributed by atoms with Crippen LogP contribution in [0.5, 0.6) is 11.5 Å². The predicted octanol–water partition coefficient (Wildman–Crippen LogP) is 3.12. The van der Waals surface area contributed by atoms with Crippen LogP contribution in [0, 0.1) is 0 Å². The van der Waals surface area contributed by atoms with E-state index < -0.39 is 11.9 Å². The lowest BCUT2D eigenvalue weighted by atomic mass is 10.0. The van der Waals surface area contributed by atoms with Gasteiger partial charge >= 0.3 is 0 Å². The van der Waals surface area contributed by atoms with E-state index in [1.54, 1.807) is 31.4 Å². The molecule has 2 fully saturated rings. The third-order valence-corrected chi connectivity index (χ3v) is 11.3. The smallest absolute Gasteiger partial charge is 0.293 e. The number of amides is 4. The van der Waals surface area contributed by atoms with Gasteiger partial charge < -0.3 is 53.4 Å². The van der Waals surface area contributed by atoms with Crippen LogP contribution in [0.4, 0.5) is 17.5 Å². The minimum absolute atomic E-state index is 0.0689. The number of rotatable bonds is 22. The van der Waals surface area contributed by atoms with Gasteiger partial charge in [-0.1, -0.05) is 11.6 Å². The Kier molecular flexibility index (Phi) is 16.0. The minimum atomic E-state index is -0.646. The summed E-state index contributed by atoms with van der Waals surface area (Å²) in [5, 5.41) is 9.14. The molecule has 342 valence electrons. The molecule has 20 heteroatoms. The molecule has 0 saturated carbocycles. The Morgan fingerprint density at radius 1 is 0.891 bits per heavy atom. The zero-order chi connectivity index (χ0) is 45.0. The molecule has 64 heavy (non-hydrogen) atoms. The second-order valence-electron chi connectivity index (χ2n) is 15.4. The van der Waals surface area contributed by atoms with E-state index in [1.165, 1.54) is 16.5 Å². The molecule has 7 rings (SSSR count). The summed E-state index contributed by atoms with van der Waals surface area (Å²) < 4.78 is 35.9. The van der Waals surface area contributed by atoms with E-state index in [9.17, 15) is 24.0 Å². The van der Waals surface area contributed by atoms with E-state index in [0.29, 0.717) is 125 Å². The van der Waals surface area contributed by atoms with Crippen molar-refractivity contribution in [1.82, 2.24) is 30.1 Å². The fourth-order valence-electron chi connectivity index (χ4n) is 7.61. The van der Waals surface area contributed by atoms with E-state index in [2.05, 4.69) is 25.8 Å². The summed E-state index contributed by atoms with van der Waals surface area (Å²) in [6.07, 6.45) is 4.50. The molecule has 1 atom stereocenters. The normalized spacial score (nSPS) is 16.5. The first kappa shape index (κ1) is 46.1. The highest BCUT2D eigenvalue weighted by atomic mass is 35.5. The zero-order valence-electron chi connectivity index (χ0n) is 35.9. The number of likely N-dealkylation sites (N-methyl/N-ethyl adjacent to an activating group) is 1. The highest BCUT2D eigenvalue weighted by Gasteiger charge is 2.39. The Morgan fingerprint density at radius 3 is 2.39 bits per heavy atom. The molecule has 5 heterocycles. The molecule has 4 amide bonds. The molecule has 2 saturated heterocycles. The number of aryl methyl sites for hydroxylation is 1. The molecule has 0 radical (unpaired) electrons. The fourth-order valence-corrected chi connectivity index (χ4v) is 7.75. The number of nitrogens with zero attached hydrogens (tertiary/aromatic N) is 5. The highest BCUT2D eigenvalue weighted by molar-refractivity contribution is 6.33. The quantitative estimate of drug-likeness (QED) is 0.0764. The first-order valence-corrected chi connectivity index (χ1v) is 21.7. The molecule has 3 aliphatic rings. The Hall–Kier alpha value is -5.86. The van der Waals surface area contributed by atoms with Crippen molar-refractivity contribution < 1.29 is 47.6 Å². The number of hydrogen-bond donors (Lipinski definition) is 3. The summed E-state index contributed by atoms with van der Waals surface area (Å²) in [4.78, 5) is 73.9. The average molecular weight is 905 g/mol. The summed E-state index contributed by atoms with van der Waals surface area (Å²) in [6.45, 7) is 5.15. The van der Waals surface area contributed by atoms with Crippen molar-refractivity contribution in [1.29, 1.82) is 0 Å². The minimum Gasteiger partial charge on any atom is -0.493 e. The number of halogens is 1. The van der Waals surface area contributed by atoms with Gasteiger partial charge in [0.2, 0.25) is 17.8 Å². The number of anilines is 3. The van der Waals surface area contributed by atoms with Crippen LogP contribution in [0.3, 0.4) is 0 Å². The largest absolute Gasteiger partial charge is 0.493 e.